The lowest BCUT2D eigenvalue weighted by atomic mass is 10.1. The highest BCUT2D eigenvalue weighted by atomic mass is 16.5. The van der Waals surface area contributed by atoms with Crippen molar-refractivity contribution in [2.24, 2.45) is 0 Å². The van der Waals surface area contributed by atoms with Gasteiger partial charge in [0.05, 0.1) is 12.8 Å². The van der Waals surface area contributed by atoms with Crippen LogP contribution >= 0.6 is 0 Å². The van der Waals surface area contributed by atoms with E-state index < -0.39 is 0 Å². The molecule has 0 aliphatic rings. The van der Waals surface area contributed by atoms with Crippen molar-refractivity contribution in [2.75, 3.05) is 7.11 Å². The van der Waals surface area contributed by atoms with E-state index in [-0.39, 0.29) is 5.75 Å². The molecular formula is C15H14N2O2. The zero-order valence-electron chi connectivity index (χ0n) is 10.8. The molecule has 0 saturated heterocycles. The van der Waals surface area contributed by atoms with Crippen LogP contribution in [0.15, 0.2) is 42.7 Å². The summed E-state index contributed by atoms with van der Waals surface area (Å²) in [5, 5.41) is 9.76. The summed E-state index contributed by atoms with van der Waals surface area (Å²) >= 11 is 0. The second-order valence-corrected chi connectivity index (χ2v) is 4.43. The van der Waals surface area contributed by atoms with Crippen LogP contribution in [-0.4, -0.2) is 21.6 Å². The van der Waals surface area contributed by atoms with Crippen LogP contribution in [0.25, 0.3) is 16.9 Å². The minimum Gasteiger partial charge on any atom is -0.504 e. The molecule has 19 heavy (non-hydrogen) atoms. The summed E-state index contributed by atoms with van der Waals surface area (Å²) in [5.41, 5.74) is 3.45. The van der Waals surface area contributed by atoms with E-state index in [2.05, 4.69) is 4.98 Å². The maximum atomic E-state index is 9.76. The van der Waals surface area contributed by atoms with Crippen molar-refractivity contribution in [1.82, 2.24) is 9.38 Å². The first-order valence-corrected chi connectivity index (χ1v) is 6.01. The van der Waals surface area contributed by atoms with Gasteiger partial charge in [-0.3, -0.25) is 0 Å². The molecule has 2 heterocycles. The average molecular weight is 254 g/mol. The van der Waals surface area contributed by atoms with Crippen LogP contribution in [0, 0.1) is 6.92 Å². The van der Waals surface area contributed by atoms with E-state index >= 15 is 0 Å². The van der Waals surface area contributed by atoms with E-state index in [0.717, 1.165) is 22.6 Å². The van der Waals surface area contributed by atoms with Crippen LogP contribution in [0.3, 0.4) is 0 Å². The molecule has 0 radical (unpaired) electrons. The molecule has 0 amide bonds. The number of aromatic nitrogens is 2. The summed E-state index contributed by atoms with van der Waals surface area (Å²) in [7, 11) is 1.66. The van der Waals surface area contributed by atoms with E-state index in [1.165, 1.54) is 0 Å². The Kier molecular flexibility index (Phi) is 2.63. The summed E-state index contributed by atoms with van der Waals surface area (Å²) < 4.78 is 7.06. The molecule has 0 aliphatic heterocycles. The van der Waals surface area contributed by atoms with Crippen molar-refractivity contribution >= 4 is 5.65 Å². The molecule has 0 saturated carbocycles. The number of aromatic hydroxyl groups is 1. The Morgan fingerprint density at radius 1 is 1.26 bits per heavy atom. The van der Waals surface area contributed by atoms with Gasteiger partial charge in [-0.05, 0) is 42.8 Å². The van der Waals surface area contributed by atoms with Gasteiger partial charge >= 0.3 is 0 Å². The Morgan fingerprint density at radius 2 is 2.11 bits per heavy atom. The van der Waals surface area contributed by atoms with Gasteiger partial charge < -0.3 is 14.2 Å². The molecule has 4 heteroatoms. The maximum Gasteiger partial charge on any atom is 0.180 e. The third kappa shape index (κ3) is 1.91. The van der Waals surface area contributed by atoms with Gasteiger partial charge in [-0.2, -0.15) is 0 Å². The fourth-order valence-electron chi connectivity index (χ4n) is 2.18. The summed E-state index contributed by atoms with van der Waals surface area (Å²) in [6.45, 7) is 2.00. The largest absolute Gasteiger partial charge is 0.504 e. The van der Waals surface area contributed by atoms with Crippen LogP contribution in [-0.2, 0) is 0 Å². The van der Waals surface area contributed by atoms with E-state index in [1.807, 2.05) is 41.9 Å². The van der Waals surface area contributed by atoms with E-state index in [0.29, 0.717) is 5.65 Å². The predicted molar refractivity (Wildman–Crippen MR) is 73.6 cm³/mol. The minimum atomic E-state index is 0.180. The molecule has 3 aromatic rings. The number of benzene rings is 1. The van der Waals surface area contributed by atoms with Crippen LogP contribution in [0.5, 0.6) is 11.5 Å². The van der Waals surface area contributed by atoms with E-state index in [4.69, 9.17) is 4.74 Å². The topological polar surface area (TPSA) is 46.8 Å². The summed E-state index contributed by atoms with van der Waals surface area (Å²) in [6, 6.07) is 9.33. The SMILES string of the molecule is COc1ccc(-c2cn3cccc(O)c3n2)cc1C. The molecule has 0 aliphatic carbocycles. The highest BCUT2D eigenvalue weighted by Crippen LogP contribution is 2.27. The molecule has 1 N–H and O–H groups in total. The first kappa shape index (κ1) is 11.6. The van der Waals surface area contributed by atoms with Crippen LogP contribution in [0.2, 0.25) is 0 Å². The average Bonchev–Trinajstić information content (AvgIpc) is 2.84. The molecule has 0 bridgehead atoms. The molecule has 0 fully saturated rings. The first-order chi connectivity index (χ1) is 9.19. The molecule has 4 nitrogen and oxygen atoms in total. The maximum absolute atomic E-state index is 9.76. The molecule has 1 aromatic carbocycles. The molecular weight excluding hydrogens is 240 g/mol. The van der Waals surface area contributed by atoms with E-state index in [9.17, 15) is 5.11 Å². The molecule has 0 unspecified atom stereocenters. The number of rotatable bonds is 2. The zero-order chi connectivity index (χ0) is 13.4. The smallest absolute Gasteiger partial charge is 0.180 e. The Morgan fingerprint density at radius 3 is 2.79 bits per heavy atom. The highest BCUT2D eigenvalue weighted by molar-refractivity contribution is 5.67. The Hall–Kier alpha value is -2.49. The third-order valence-corrected chi connectivity index (χ3v) is 3.15. The molecule has 2 aromatic heterocycles. The number of pyridine rings is 1. The standard InChI is InChI=1S/C15H14N2O2/c1-10-8-11(5-6-14(10)19-2)12-9-17-7-3-4-13(18)15(17)16-12/h3-9,18H,1-2H3. The lowest BCUT2D eigenvalue weighted by Crippen LogP contribution is -1.87. The summed E-state index contributed by atoms with van der Waals surface area (Å²) in [5.74, 6) is 1.04. The molecule has 3 rings (SSSR count). The number of fused-ring (bicyclic) bond motifs is 1. The van der Waals surface area contributed by atoms with Gasteiger partial charge in [0.15, 0.2) is 11.4 Å². The van der Waals surface area contributed by atoms with Gasteiger partial charge in [-0.25, -0.2) is 4.98 Å². The van der Waals surface area contributed by atoms with Gasteiger partial charge in [0.1, 0.15) is 5.75 Å². The Bertz CT molecular complexity index is 747. The highest BCUT2D eigenvalue weighted by Gasteiger charge is 2.08. The van der Waals surface area contributed by atoms with Crippen molar-refractivity contribution in [3.05, 3.63) is 48.3 Å². The van der Waals surface area contributed by atoms with Crippen molar-refractivity contribution in [2.45, 2.75) is 6.92 Å². The number of ether oxygens (including phenoxy) is 1. The Labute approximate surface area is 110 Å². The second-order valence-electron chi connectivity index (χ2n) is 4.43. The first-order valence-electron chi connectivity index (χ1n) is 6.01. The van der Waals surface area contributed by atoms with Crippen molar-refractivity contribution < 1.29 is 9.84 Å². The number of hydrogen-bond acceptors (Lipinski definition) is 3. The predicted octanol–water partition coefficient (Wildman–Crippen LogP) is 3.02. The number of nitrogens with zero attached hydrogens (tertiary/aromatic N) is 2. The molecule has 0 spiro atoms. The van der Waals surface area contributed by atoms with Gasteiger partial charge in [0.2, 0.25) is 0 Å². The second kappa shape index (κ2) is 4.31. The van der Waals surface area contributed by atoms with Gasteiger partial charge in [0.25, 0.3) is 0 Å². The normalized spacial score (nSPS) is 10.8. The molecule has 96 valence electrons. The van der Waals surface area contributed by atoms with Crippen LogP contribution < -0.4 is 4.74 Å². The fraction of sp³-hybridized carbons (Fsp3) is 0.133. The van der Waals surface area contributed by atoms with E-state index in [1.54, 1.807) is 19.2 Å². The quantitative estimate of drug-likeness (QED) is 0.764. The van der Waals surface area contributed by atoms with Gasteiger partial charge in [-0.1, -0.05) is 0 Å². The summed E-state index contributed by atoms with van der Waals surface area (Å²) in [4.78, 5) is 4.45. The lowest BCUT2D eigenvalue weighted by molar-refractivity contribution is 0.412. The zero-order valence-corrected chi connectivity index (χ0v) is 10.8. The number of aryl methyl sites for hydroxylation is 1. The van der Waals surface area contributed by atoms with Crippen LogP contribution in [0.4, 0.5) is 0 Å². The third-order valence-electron chi connectivity index (χ3n) is 3.15. The minimum absolute atomic E-state index is 0.180. The van der Waals surface area contributed by atoms with Crippen molar-refractivity contribution in [1.29, 1.82) is 0 Å². The number of hydrogen-bond donors (Lipinski definition) is 1. The fourth-order valence-corrected chi connectivity index (χ4v) is 2.18. The van der Waals surface area contributed by atoms with Crippen LogP contribution in [0.1, 0.15) is 5.56 Å². The Balaban J connectivity index is 2.14. The lowest BCUT2D eigenvalue weighted by Gasteiger charge is -2.05. The monoisotopic (exact) mass is 254 g/mol. The number of imidazole rings is 1. The van der Waals surface area contributed by atoms with Crippen molar-refractivity contribution in [3.63, 3.8) is 0 Å². The van der Waals surface area contributed by atoms with Gasteiger partial charge in [0, 0.05) is 18.0 Å². The van der Waals surface area contributed by atoms with Crippen molar-refractivity contribution in [3.8, 4) is 22.8 Å². The van der Waals surface area contributed by atoms with Gasteiger partial charge in [-0.15, -0.1) is 0 Å². The molecule has 0 atom stereocenters. The summed E-state index contributed by atoms with van der Waals surface area (Å²) in [6.07, 6.45) is 3.76. The number of methoxy groups -OCH3 is 1.